The molecule has 0 aromatic carbocycles. The van der Waals surface area contributed by atoms with E-state index in [1.807, 2.05) is 12.1 Å². The number of unbranched alkanes of at least 4 members (excludes halogenated alkanes) is 1. The summed E-state index contributed by atoms with van der Waals surface area (Å²) in [7, 11) is 1.67. The van der Waals surface area contributed by atoms with Gasteiger partial charge in [-0.1, -0.05) is 0 Å². The first-order valence-corrected chi connectivity index (χ1v) is 7.61. The smallest absolute Gasteiger partial charge is 0.308 e. The fourth-order valence-corrected chi connectivity index (χ4v) is 2.65. The molecule has 0 unspecified atom stereocenters. The van der Waals surface area contributed by atoms with Crippen LogP contribution in [0.3, 0.4) is 0 Å². The van der Waals surface area contributed by atoms with Crippen LogP contribution >= 0.6 is 11.3 Å². The van der Waals surface area contributed by atoms with Crippen molar-refractivity contribution in [2.45, 2.75) is 25.8 Å². The van der Waals surface area contributed by atoms with Crippen LogP contribution in [0.15, 0.2) is 12.1 Å². The Morgan fingerprint density at radius 3 is 2.80 bits per heavy atom. The predicted octanol–water partition coefficient (Wildman–Crippen LogP) is 1.91. The van der Waals surface area contributed by atoms with Crippen LogP contribution < -0.4 is 5.32 Å². The molecule has 114 valence electrons. The van der Waals surface area contributed by atoms with Crippen molar-refractivity contribution in [3.63, 3.8) is 0 Å². The number of hydrogen-bond acceptors (Lipinski definition) is 5. The summed E-state index contributed by atoms with van der Waals surface area (Å²) in [6.07, 6.45) is 2.22. The van der Waals surface area contributed by atoms with E-state index in [2.05, 4.69) is 5.32 Å². The Kier molecular flexibility index (Phi) is 9.23. The average molecular weight is 301 g/mol. The van der Waals surface area contributed by atoms with Crippen LogP contribution in [-0.4, -0.2) is 44.6 Å². The molecule has 0 aliphatic heterocycles. The minimum atomic E-state index is -0.778. The molecule has 0 bridgehead atoms. The Bertz CT molecular complexity index is 381. The first kappa shape index (κ1) is 17.1. The van der Waals surface area contributed by atoms with Gasteiger partial charge >= 0.3 is 5.97 Å². The number of carboxylic acids is 1. The summed E-state index contributed by atoms with van der Waals surface area (Å²) < 4.78 is 10.3. The van der Waals surface area contributed by atoms with E-state index in [1.165, 1.54) is 4.88 Å². The SMILES string of the molecule is COCCOCCCCNCc1ccc(CC(=O)O)s1. The molecule has 6 heteroatoms. The third-order valence-corrected chi connectivity index (χ3v) is 3.75. The Morgan fingerprint density at radius 1 is 1.25 bits per heavy atom. The van der Waals surface area contributed by atoms with Gasteiger partial charge in [-0.15, -0.1) is 11.3 Å². The summed E-state index contributed by atoms with van der Waals surface area (Å²) >= 11 is 1.56. The van der Waals surface area contributed by atoms with Gasteiger partial charge in [0, 0.05) is 30.0 Å². The van der Waals surface area contributed by atoms with E-state index >= 15 is 0 Å². The van der Waals surface area contributed by atoms with Gasteiger partial charge in [-0.3, -0.25) is 4.79 Å². The lowest BCUT2D eigenvalue weighted by Crippen LogP contribution is -2.14. The Labute approximate surface area is 123 Å². The van der Waals surface area contributed by atoms with Crippen molar-refractivity contribution in [1.82, 2.24) is 5.32 Å². The lowest BCUT2D eigenvalue weighted by Gasteiger charge is -2.04. The van der Waals surface area contributed by atoms with Gasteiger partial charge in [0.25, 0.3) is 0 Å². The maximum Gasteiger partial charge on any atom is 0.308 e. The number of nitrogens with one attached hydrogen (secondary N) is 1. The molecule has 0 amide bonds. The molecule has 1 heterocycles. The number of thiophene rings is 1. The molecule has 0 saturated carbocycles. The molecule has 0 aliphatic rings. The number of carbonyl (C=O) groups is 1. The minimum Gasteiger partial charge on any atom is -0.481 e. The zero-order chi connectivity index (χ0) is 14.6. The van der Waals surface area contributed by atoms with Crippen LogP contribution in [0.1, 0.15) is 22.6 Å². The average Bonchev–Trinajstić information content (AvgIpc) is 2.83. The molecule has 0 atom stereocenters. The molecule has 0 spiro atoms. The maximum absolute atomic E-state index is 10.6. The van der Waals surface area contributed by atoms with Crippen molar-refractivity contribution >= 4 is 17.3 Å². The van der Waals surface area contributed by atoms with Crippen LogP contribution in [0.2, 0.25) is 0 Å². The second kappa shape index (κ2) is 10.8. The van der Waals surface area contributed by atoms with Crippen molar-refractivity contribution in [3.05, 3.63) is 21.9 Å². The topological polar surface area (TPSA) is 67.8 Å². The molecule has 0 fully saturated rings. The predicted molar refractivity (Wildman–Crippen MR) is 79.3 cm³/mol. The molecule has 5 nitrogen and oxygen atoms in total. The molecule has 20 heavy (non-hydrogen) atoms. The van der Waals surface area contributed by atoms with Gasteiger partial charge in [0.1, 0.15) is 0 Å². The van der Waals surface area contributed by atoms with Crippen LogP contribution in [0.4, 0.5) is 0 Å². The third kappa shape index (κ3) is 8.27. The van der Waals surface area contributed by atoms with Crippen molar-refractivity contribution < 1.29 is 19.4 Å². The van der Waals surface area contributed by atoms with Gasteiger partial charge in [-0.05, 0) is 31.5 Å². The first-order chi connectivity index (χ1) is 9.72. The number of hydrogen-bond donors (Lipinski definition) is 2. The number of ether oxygens (including phenoxy) is 2. The minimum absolute atomic E-state index is 0.115. The van der Waals surface area contributed by atoms with Gasteiger partial charge in [0.15, 0.2) is 0 Å². The lowest BCUT2D eigenvalue weighted by atomic mass is 10.3. The van der Waals surface area contributed by atoms with Crippen LogP contribution in [0.5, 0.6) is 0 Å². The van der Waals surface area contributed by atoms with Crippen LogP contribution in [0.25, 0.3) is 0 Å². The first-order valence-electron chi connectivity index (χ1n) is 6.79. The van der Waals surface area contributed by atoms with E-state index in [-0.39, 0.29) is 6.42 Å². The van der Waals surface area contributed by atoms with E-state index in [1.54, 1.807) is 18.4 Å². The van der Waals surface area contributed by atoms with Crippen LogP contribution in [-0.2, 0) is 27.2 Å². The highest BCUT2D eigenvalue weighted by Gasteiger charge is 2.04. The molecule has 0 aliphatic carbocycles. The van der Waals surface area contributed by atoms with E-state index in [0.717, 1.165) is 37.4 Å². The van der Waals surface area contributed by atoms with Crippen molar-refractivity contribution in [1.29, 1.82) is 0 Å². The van der Waals surface area contributed by atoms with E-state index in [4.69, 9.17) is 14.6 Å². The molecule has 0 saturated heterocycles. The zero-order valence-corrected chi connectivity index (χ0v) is 12.7. The number of methoxy groups -OCH3 is 1. The summed E-state index contributed by atoms with van der Waals surface area (Å²) in [5, 5.41) is 12.1. The van der Waals surface area contributed by atoms with Crippen molar-refractivity contribution in [2.24, 2.45) is 0 Å². The number of carboxylic acid groups (broad SMARTS) is 1. The van der Waals surface area contributed by atoms with E-state index in [9.17, 15) is 4.79 Å². The normalized spacial score (nSPS) is 10.8. The molecule has 1 aromatic rings. The van der Waals surface area contributed by atoms with Gasteiger partial charge in [-0.25, -0.2) is 0 Å². The number of rotatable bonds is 12. The summed E-state index contributed by atoms with van der Waals surface area (Å²) in [5.41, 5.74) is 0. The summed E-state index contributed by atoms with van der Waals surface area (Å²) in [4.78, 5) is 12.7. The highest BCUT2D eigenvalue weighted by atomic mass is 32.1. The molecule has 1 rings (SSSR count). The Balaban J connectivity index is 1.98. The van der Waals surface area contributed by atoms with Crippen LogP contribution in [0, 0.1) is 0 Å². The summed E-state index contributed by atoms with van der Waals surface area (Å²) in [5.74, 6) is -0.778. The Morgan fingerprint density at radius 2 is 2.05 bits per heavy atom. The van der Waals surface area contributed by atoms with Crippen molar-refractivity contribution in [2.75, 3.05) is 33.5 Å². The molecule has 1 aromatic heterocycles. The van der Waals surface area contributed by atoms with Gasteiger partial charge in [0.2, 0.25) is 0 Å². The molecular formula is C14H23NO4S. The summed E-state index contributed by atoms with van der Waals surface area (Å²) in [6, 6.07) is 3.88. The maximum atomic E-state index is 10.6. The molecular weight excluding hydrogens is 278 g/mol. The van der Waals surface area contributed by atoms with Gasteiger partial charge in [0.05, 0.1) is 19.6 Å². The second-order valence-corrected chi connectivity index (χ2v) is 5.68. The highest BCUT2D eigenvalue weighted by Crippen LogP contribution is 2.16. The third-order valence-electron chi connectivity index (χ3n) is 2.67. The standard InChI is InChI=1S/C14H23NO4S/c1-18-8-9-19-7-3-2-6-15-11-13-5-4-12(20-13)10-14(16)17/h4-5,15H,2-3,6-11H2,1H3,(H,16,17). The number of aliphatic carboxylic acids is 1. The molecule has 0 radical (unpaired) electrons. The monoisotopic (exact) mass is 301 g/mol. The van der Waals surface area contributed by atoms with Crippen molar-refractivity contribution in [3.8, 4) is 0 Å². The largest absolute Gasteiger partial charge is 0.481 e. The van der Waals surface area contributed by atoms with Gasteiger partial charge in [-0.2, -0.15) is 0 Å². The van der Waals surface area contributed by atoms with E-state index < -0.39 is 5.97 Å². The Hall–Kier alpha value is -0.950. The second-order valence-electron chi connectivity index (χ2n) is 4.43. The highest BCUT2D eigenvalue weighted by molar-refractivity contribution is 7.12. The quantitative estimate of drug-likeness (QED) is 0.577. The molecule has 2 N–H and O–H groups in total. The fourth-order valence-electron chi connectivity index (χ4n) is 1.67. The lowest BCUT2D eigenvalue weighted by molar-refractivity contribution is -0.136. The zero-order valence-electron chi connectivity index (χ0n) is 11.9. The fraction of sp³-hybridized carbons (Fsp3) is 0.643. The summed E-state index contributed by atoms with van der Waals surface area (Å²) in [6.45, 7) is 3.82. The van der Waals surface area contributed by atoms with E-state index in [0.29, 0.717) is 13.2 Å². The van der Waals surface area contributed by atoms with Gasteiger partial charge < -0.3 is 19.9 Å².